The summed E-state index contributed by atoms with van der Waals surface area (Å²) in [5, 5.41) is 2.47. The van der Waals surface area contributed by atoms with Gasteiger partial charge < -0.3 is 4.57 Å². The Morgan fingerprint density at radius 3 is 0.744 bits per heavy atom. The molecule has 0 saturated carbocycles. The molecule has 624 valence electrons. The standard InChI is InChI=1S/C61H40N6.C61H41N5/c1-3-14-44(15-4-1)55-39-56(66-61(65-55)46-16-5-2-6-17-46)45-31-29-42(30-32-45)41-25-27-43(28-26-41)48-33-34-54(63-40-48)58-38-49(37-57(64-58)53-22-11-12-35-62-53)47-18-13-19-50(36-47)67-59-23-9-7-20-51(59)52-21-8-10-24-60(52)67;1-5-15-42(16-6-1)51-35-52(43-17-7-2-8-18-43)37-53(36-51)54-38-59(55-23-13-14-34-62-55)64-60(39-54)56-33-32-50(41-63-56)46-26-24-44(25-27-46)45-28-30-48(31-29-45)58-40-57(47-19-9-3-10-20-47)65-61(66-58)49-21-11-4-12-22-49/h1-40H;1-41H. The minimum atomic E-state index is 0.704. The van der Waals surface area contributed by atoms with Crippen LogP contribution in [0.2, 0.25) is 0 Å². The van der Waals surface area contributed by atoms with Gasteiger partial charge in [0.2, 0.25) is 0 Å². The fourth-order valence-electron chi connectivity index (χ4n) is 17.3. The van der Waals surface area contributed by atoms with E-state index in [-0.39, 0.29) is 0 Å². The van der Waals surface area contributed by atoms with E-state index in [1.165, 1.54) is 21.8 Å². The van der Waals surface area contributed by atoms with Crippen LogP contribution in [0.3, 0.4) is 0 Å². The lowest BCUT2D eigenvalue weighted by Gasteiger charge is -2.14. The second kappa shape index (κ2) is 36.7. The number of para-hydroxylation sites is 2. The van der Waals surface area contributed by atoms with Crippen LogP contribution in [0.25, 0.3) is 230 Å². The maximum Gasteiger partial charge on any atom is 0.160 e. The average molecular weight is 1700 g/mol. The zero-order valence-electron chi connectivity index (χ0n) is 72.2. The Balaban J connectivity index is 0.000000155. The molecular formula is C122H81N11. The molecule has 14 aromatic carbocycles. The van der Waals surface area contributed by atoms with Gasteiger partial charge in [-0.3, -0.25) is 19.9 Å². The van der Waals surface area contributed by atoms with Crippen molar-refractivity contribution in [2.24, 2.45) is 0 Å². The first-order chi connectivity index (χ1) is 65.8. The van der Waals surface area contributed by atoms with Crippen LogP contribution < -0.4 is 0 Å². The highest BCUT2D eigenvalue weighted by atomic mass is 15.0. The van der Waals surface area contributed by atoms with Gasteiger partial charge in [-0.25, -0.2) is 29.9 Å². The van der Waals surface area contributed by atoms with Crippen molar-refractivity contribution in [3.05, 3.63) is 492 Å². The van der Waals surface area contributed by atoms with Crippen molar-refractivity contribution in [2.45, 2.75) is 0 Å². The molecule has 23 aromatic rings. The van der Waals surface area contributed by atoms with Crippen molar-refractivity contribution in [1.82, 2.24) is 54.4 Å². The topological polar surface area (TPSA) is 134 Å². The zero-order chi connectivity index (χ0) is 88.6. The zero-order valence-corrected chi connectivity index (χ0v) is 72.2. The fraction of sp³-hybridized carbons (Fsp3) is 0. The average Bonchev–Trinajstić information content (AvgIpc) is 1.59. The van der Waals surface area contributed by atoms with Gasteiger partial charge in [0, 0.05) is 85.8 Å². The Labute approximate surface area is 771 Å². The molecule has 0 aliphatic heterocycles. The van der Waals surface area contributed by atoms with Gasteiger partial charge >= 0.3 is 0 Å². The van der Waals surface area contributed by atoms with Crippen molar-refractivity contribution in [3.8, 4) is 208 Å². The van der Waals surface area contributed by atoms with E-state index in [1.54, 1.807) is 0 Å². The number of nitrogens with zero attached hydrogens (tertiary/aromatic N) is 11. The summed E-state index contributed by atoms with van der Waals surface area (Å²) in [6.45, 7) is 0. The van der Waals surface area contributed by atoms with E-state index in [0.29, 0.717) is 11.6 Å². The number of fused-ring (bicyclic) bond motifs is 3. The number of benzene rings is 14. The second-order valence-corrected chi connectivity index (χ2v) is 32.7. The molecule has 11 nitrogen and oxygen atoms in total. The first kappa shape index (κ1) is 80.7. The van der Waals surface area contributed by atoms with Gasteiger partial charge in [-0.15, -0.1) is 0 Å². The van der Waals surface area contributed by atoms with Gasteiger partial charge in [0.05, 0.1) is 79.4 Å². The van der Waals surface area contributed by atoms with Crippen LogP contribution in [-0.2, 0) is 0 Å². The molecule has 133 heavy (non-hydrogen) atoms. The van der Waals surface area contributed by atoms with Crippen molar-refractivity contribution < 1.29 is 0 Å². The van der Waals surface area contributed by atoms with Gasteiger partial charge in [-0.05, 0) is 193 Å². The Kier molecular flexibility index (Phi) is 22.3. The maximum absolute atomic E-state index is 5.14. The summed E-state index contributed by atoms with van der Waals surface area (Å²) < 4.78 is 2.35. The summed E-state index contributed by atoms with van der Waals surface area (Å²) in [5.74, 6) is 1.41. The van der Waals surface area contributed by atoms with Gasteiger partial charge in [0.1, 0.15) is 0 Å². The van der Waals surface area contributed by atoms with Crippen LogP contribution in [0, 0.1) is 0 Å². The first-order valence-corrected chi connectivity index (χ1v) is 44.4. The number of pyridine rings is 6. The first-order valence-electron chi connectivity index (χ1n) is 44.4. The highest BCUT2D eigenvalue weighted by Gasteiger charge is 2.21. The van der Waals surface area contributed by atoms with Gasteiger partial charge in [-0.2, -0.15) is 0 Å². The summed E-state index contributed by atoms with van der Waals surface area (Å²) in [7, 11) is 0. The van der Waals surface area contributed by atoms with Crippen LogP contribution in [0.5, 0.6) is 0 Å². The molecule has 0 radical (unpaired) electrons. The normalized spacial score (nSPS) is 11.2. The smallest absolute Gasteiger partial charge is 0.160 e. The number of hydrogen-bond donors (Lipinski definition) is 0. The molecule has 0 spiro atoms. The molecule has 0 aliphatic carbocycles. The minimum absolute atomic E-state index is 0.704. The van der Waals surface area contributed by atoms with E-state index in [0.717, 1.165) is 196 Å². The van der Waals surface area contributed by atoms with Crippen molar-refractivity contribution in [1.29, 1.82) is 0 Å². The molecule has 0 atom stereocenters. The molecule has 0 saturated heterocycles. The third-order valence-corrected chi connectivity index (χ3v) is 24.2. The van der Waals surface area contributed by atoms with Crippen LogP contribution in [0.15, 0.2) is 492 Å². The lowest BCUT2D eigenvalue weighted by atomic mass is 9.93. The van der Waals surface area contributed by atoms with Gasteiger partial charge in [0.15, 0.2) is 11.6 Å². The molecule has 0 unspecified atom stereocenters. The Bertz CT molecular complexity index is 7830. The van der Waals surface area contributed by atoms with E-state index >= 15 is 0 Å². The number of hydrogen-bond acceptors (Lipinski definition) is 10. The number of aromatic nitrogens is 11. The monoisotopic (exact) mass is 1700 g/mol. The van der Waals surface area contributed by atoms with Crippen molar-refractivity contribution in [3.63, 3.8) is 0 Å². The van der Waals surface area contributed by atoms with Crippen molar-refractivity contribution in [2.75, 3.05) is 0 Å². The van der Waals surface area contributed by atoms with E-state index in [9.17, 15) is 0 Å². The fourth-order valence-corrected chi connectivity index (χ4v) is 17.3. The van der Waals surface area contributed by atoms with Crippen molar-refractivity contribution >= 4 is 21.8 Å². The van der Waals surface area contributed by atoms with E-state index in [1.807, 2.05) is 134 Å². The molecular weight excluding hydrogens is 1620 g/mol. The van der Waals surface area contributed by atoms with Gasteiger partial charge in [0.25, 0.3) is 0 Å². The Morgan fingerprint density at radius 2 is 0.398 bits per heavy atom. The quantitative estimate of drug-likeness (QED) is 0.0770. The Morgan fingerprint density at radius 1 is 0.135 bits per heavy atom. The third kappa shape index (κ3) is 17.5. The molecule has 0 N–H and O–H groups in total. The summed E-state index contributed by atoms with van der Waals surface area (Å²) in [5.41, 5.74) is 37.0. The van der Waals surface area contributed by atoms with Crippen LogP contribution >= 0.6 is 0 Å². The highest BCUT2D eigenvalue weighted by Crippen LogP contribution is 2.41. The number of rotatable bonds is 19. The lowest BCUT2D eigenvalue weighted by molar-refractivity contribution is 1.18. The molecule has 0 amide bonds. The summed E-state index contributed by atoms with van der Waals surface area (Å²) >= 11 is 0. The second-order valence-electron chi connectivity index (χ2n) is 32.7. The maximum atomic E-state index is 5.14. The Hall–Kier alpha value is -18.1. The van der Waals surface area contributed by atoms with Crippen LogP contribution in [0.1, 0.15) is 0 Å². The highest BCUT2D eigenvalue weighted by molar-refractivity contribution is 6.09. The summed E-state index contributed by atoms with van der Waals surface area (Å²) in [6, 6.07) is 162. The molecule has 0 aliphatic rings. The van der Waals surface area contributed by atoms with Crippen LogP contribution in [-0.4, -0.2) is 54.4 Å². The summed E-state index contributed by atoms with van der Waals surface area (Å²) in [4.78, 5) is 49.6. The van der Waals surface area contributed by atoms with E-state index in [2.05, 4.69) is 372 Å². The van der Waals surface area contributed by atoms with E-state index in [4.69, 9.17) is 39.9 Å². The minimum Gasteiger partial charge on any atom is -0.309 e. The van der Waals surface area contributed by atoms with Crippen LogP contribution in [0.4, 0.5) is 0 Å². The molecule has 11 heteroatoms. The predicted molar refractivity (Wildman–Crippen MR) is 543 cm³/mol. The third-order valence-electron chi connectivity index (χ3n) is 24.2. The van der Waals surface area contributed by atoms with Gasteiger partial charge in [-0.1, -0.05) is 352 Å². The molecule has 0 bridgehead atoms. The summed E-state index contributed by atoms with van der Waals surface area (Å²) in [6.07, 6.45) is 7.49. The molecule has 9 aromatic heterocycles. The SMILES string of the molecule is c1ccc(-c2cc(-c3ccc(-c4ccc(-c5ccc(-c6cc(-c7cccc(-n8c9ccccc9c9ccccc98)c7)cc(-c7ccccn7)n6)nc5)cc4)cc3)nc(-c3ccccc3)n2)cc1.c1ccc(-c2cc(-c3ccccc3)cc(-c3cc(-c4ccccn4)nc(-c4ccc(-c5ccc(-c6ccc(-c7cc(-c8ccccc8)nc(-c8ccccc8)n7)cc6)cc5)cn4)c3)c2)cc1. The molecule has 23 rings (SSSR count). The lowest BCUT2D eigenvalue weighted by Crippen LogP contribution is -1.96. The molecule has 0 fully saturated rings. The van der Waals surface area contributed by atoms with E-state index < -0.39 is 0 Å². The largest absolute Gasteiger partial charge is 0.309 e. The molecule has 9 heterocycles. The predicted octanol–water partition coefficient (Wildman–Crippen LogP) is 30.4.